The third kappa shape index (κ3) is 3.78. The van der Waals surface area contributed by atoms with E-state index in [1.807, 2.05) is 17.4 Å². The van der Waals surface area contributed by atoms with Gasteiger partial charge < -0.3 is 4.57 Å². The minimum atomic E-state index is -2.14. The molecule has 6 aromatic carbocycles. The van der Waals surface area contributed by atoms with Gasteiger partial charge in [-0.15, -0.1) is 11.3 Å². The van der Waals surface area contributed by atoms with Crippen molar-refractivity contribution in [2.75, 3.05) is 0 Å². The summed E-state index contributed by atoms with van der Waals surface area (Å²) < 4.78 is 5.11. The molecule has 4 heterocycles. The summed E-state index contributed by atoms with van der Waals surface area (Å²) in [6, 6.07) is 50.5. The largest absolute Gasteiger partial charge is 0.309 e. The maximum absolute atomic E-state index is 5.49. The summed E-state index contributed by atoms with van der Waals surface area (Å²) in [7, 11) is -2.14. The highest BCUT2D eigenvalue weighted by atomic mass is 32.1. The number of hydrogen-bond acceptors (Lipinski definition) is 3. The van der Waals surface area contributed by atoms with Gasteiger partial charge in [0.15, 0.2) is 5.82 Å². The third-order valence-corrected chi connectivity index (χ3v) is 14.6. The Morgan fingerprint density at radius 3 is 2.04 bits per heavy atom. The van der Waals surface area contributed by atoms with E-state index >= 15 is 0 Å². The molecule has 3 aromatic heterocycles. The van der Waals surface area contributed by atoms with E-state index < -0.39 is 8.07 Å². The van der Waals surface area contributed by atoms with E-state index in [1.165, 1.54) is 57.9 Å². The summed E-state index contributed by atoms with van der Waals surface area (Å²) in [6.07, 6.45) is 0. The number of rotatable bonds is 3. The molecule has 0 saturated carbocycles. The van der Waals surface area contributed by atoms with Crippen LogP contribution in [0, 0.1) is 0 Å². The average molecular weight is 636 g/mol. The molecule has 0 bridgehead atoms. The second-order valence-corrected chi connectivity index (χ2v) is 18.4. The van der Waals surface area contributed by atoms with Crippen molar-refractivity contribution in [1.82, 2.24) is 14.5 Å². The van der Waals surface area contributed by atoms with E-state index in [0.29, 0.717) is 0 Å². The zero-order valence-electron chi connectivity index (χ0n) is 26.0. The Morgan fingerprint density at radius 1 is 0.532 bits per heavy atom. The smallest absolute Gasteiger partial charge is 0.160 e. The van der Waals surface area contributed by atoms with Crippen molar-refractivity contribution in [2.45, 2.75) is 13.1 Å². The predicted octanol–water partition coefficient (Wildman–Crippen LogP) is 10.1. The van der Waals surface area contributed by atoms with Crippen molar-refractivity contribution < 1.29 is 0 Å². The van der Waals surface area contributed by atoms with Crippen molar-refractivity contribution in [2.24, 2.45) is 0 Å². The standard InChI is InChI=1S/C42H29N3SSi/c1-47(2)38-23-13-9-19-30(38)40-41(47)39(43-42(44-40)26-14-4-3-5-15-26)29-18-7-11-21-34(29)45-33-20-10-6-16-27(33)31-25-37-32(24-35(31)45)28-17-8-12-22-36(28)46-37/h3-25H,1-2H3. The van der Waals surface area contributed by atoms with E-state index in [0.717, 1.165) is 34.0 Å². The van der Waals surface area contributed by atoms with Gasteiger partial charge in [-0.2, -0.15) is 0 Å². The third-order valence-electron chi connectivity index (χ3n) is 9.99. The first-order valence-electron chi connectivity index (χ1n) is 16.1. The van der Waals surface area contributed by atoms with E-state index in [1.54, 1.807) is 0 Å². The Bertz CT molecular complexity index is 2720. The molecule has 0 N–H and O–H groups in total. The average Bonchev–Trinajstić information content (AvgIpc) is 3.72. The lowest BCUT2D eigenvalue weighted by atomic mass is 10.0. The highest BCUT2D eigenvalue weighted by molar-refractivity contribution is 7.25. The lowest BCUT2D eigenvalue weighted by Gasteiger charge is -2.23. The predicted molar refractivity (Wildman–Crippen MR) is 202 cm³/mol. The molecule has 1 aliphatic rings. The number of thiophene rings is 1. The van der Waals surface area contributed by atoms with Crippen LogP contribution in [0.15, 0.2) is 140 Å². The van der Waals surface area contributed by atoms with Crippen LogP contribution in [0.2, 0.25) is 13.1 Å². The van der Waals surface area contributed by atoms with Crippen molar-refractivity contribution in [3.05, 3.63) is 140 Å². The molecule has 9 aromatic rings. The molecule has 0 amide bonds. The van der Waals surface area contributed by atoms with E-state index in [-0.39, 0.29) is 0 Å². The second-order valence-electron chi connectivity index (χ2n) is 13.0. The Balaban J connectivity index is 1.32. The van der Waals surface area contributed by atoms with Crippen LogP contribution >= 0.6 is 11.3 Å². The molecule has 3 nitrogen and oxygen atoms in total. The fourth-order valence-corrected chi connectivity index (χ4v) is 12.2. The van der Waals surface area contributed by atoms with E-state index in [4.69, 9.17) is 9.97 Å². The number of aromatic nitrogens is 3. The molecule has 0 spiro atoms. The van der Waals surface area contributed by atoms with Gasteiger partial charge in [0.2, 0.25) is 0 Å². The highest BCUT2D eigenvalue weighted by Gasteiger charge is 2.42. The molecule has 1 aliphatic heterocycles. The second kappa shape index (κ2) is 9.82. The molecule has 222 valence electrons. The molecule has 5 heteroatoms. The van der Waals surface area contributed by atoms with Gasteiger partial charge >= 0.3 is 0 Å². The molecule has 0 fully saturated rings. The minimum absolute atomic E-state index is 0.768. The number of para-hydroxylation sites is 2. The molecular formula is C42H29N3SSi. The summed E-state index contributed by atoms with van der Waals surface area (Å²) in [5, 5.41) is 7.89. The Hall–Kier alpha value is -5.36. The molecule has 47 heavy (non-hydrogen) atoms. The first-order chi connectivity index (χ1) is 23.1. The Morgan fingerprint density at radius 2 is 1.19 bits per heavy atom. The van der Waals surface area contributed by atoms with Crippen LogP contribution in [-0.2, 0) is 0 Å². The number of nitrogens with zero attached hydrogens (tertiary/aromatic N) is 3. The summed E-state index contributed by atoms with van der Waals surface area (Å²) in [6.45, 7) is 4.91. The zero-order valence-corrected chi connectivity index (χ0v) is 27.8. The van der Waals surface area contributed by atoms with Crippen molar-refractivity contribution >= 4 is 71.8 Å². The zero-order chi connectivity index (χ0) is 31.3. The van der Waals surface area contributed by atoms with E-state index in [2.05, 4.69) is 151 Å². The summed E-state index contributed by atoms with van der Waals surface area (Å²) in [4.78, 5) is 10.8. The topological polar surface area (TPSA) is 30.7 Å². The lowest BCUT2D eigenvalue weighted by molar-refractivity contribution is 1.16. The van der Waals surface area contributed by atoms with Gasteiger partial charge in [-0.1, -0.05) is 122 Å². The Kier molecular flexibility index (Phi) is 5.60. The first-order valence-corrected chi connectivity index (χ1v) is 19.9. The number of fused-ring (bicyclic) bond motifs is 9. The van der Waals surface area contributed by atoms with Crippen LogP contribution in [0.25, 0.3) is 81.6 Å². The van der Waals surface area contributed by atoms with Gasteiger partial charge in [-0.3, -0.25) is 0 Å². The van der Waals surface area contributed by atoms with Crippen LogP contribution in [0.4, 0.5) is 0 Å². The van der Waals surface area contributed by atoms with Gasteiger partial charge in [0, 0.05) is 42.1 Å². The molecule has 0 atom stereocenters. The van der Waals surface area contributed by atoms with Crippen molar-refractivity contribution in [3.63, 3.8) is 0 Å². The van der Waals surface area contributed by atoms with Crippen LogP contribution in [0.3, 0.4) is 0 Å². The van der Waals surface area contributed by atoms with Gasteiger partial charge in [-0.25, -0.2) is 9.97 Å². The molecule has 0 unspecified atom stereocenters. The molecule has 10 rings (SSSR count). The van der Waals surface area contributed by atoms with E-state index in [9.17, 15) is 0 Å². The van der Waals surface area contributed by atoms with Crippen LogP contribution < -0.4 is 10.4 Å². The molecule has 0 saturated heterocycles. The maximum atomic E-state index is 5.49. The quantitative estimate of drug-likeness (QED) is 0.181. The van der Waals surface area contributed by atoms with Crippen LogP contribution in [0.5, 0.6) is 0 Å². The van der Waals surface area contributed by atoms with Gasteiger partial charge in [0.1, 0.15) is 8.07 Å². The molecular weight excluding hydrogens is 607 g/mol. The first kappa shape index (κ1) is 26.8. The summed E-state index contributed by atoms with van der Waals surface area (Å²) in [5.41, 5.74) is 9.10. The van der Waals surface area contributed by atoms with Crippen molar-refractivity contribution in [1.29, 1.82) is 0 Å². The minimum Gasteiger partial charge on any atom is -0.309 e. The van der Waals surface area contributed by atoms with Crippen LogP contribution in [-0.4, -0.2) is 22.6 Å². The summed E-state index contributed by atoms with van der Waals surface area (Å²) >= 11 is 1.88. The maximum Gasteiger partial charge on any atom is 0.160 e. The number of hydrogen-bond donors (Lipinski definition) is 0. The highest BCUT2D eigenvalue weighted by Crippen LogP contribution is 2.42. The number of benzene rings is 6. The molecule has 0 radical (unpaired) electrons. The fourth-order valence-electron chi connectivity index (χ4n) is 7.84. The van der Waals surface area contributed by atoms with Gasteiger partial charge in [0.05, 0.1) is 28.1 Å². The van der Waals surface area contributed by atoms with Gasteiger partial charge in [-0.05, 0) is 46.3 Å². The summed E-state index contributed by atoms with van der Waals surface area (Å²) in [5.74, 6) is 0.768. The van der Waals surface area contributed by atoms with Gasteiger partial charge in [0.25, 0.3) is 0 Å². The fraction of sp³-hybridized carbons (Fsp3) is 0.0476. The van der Waals surface area contributed by atoms with Crippen molar-refractivity contribution in [3.8, 4) is 39.6 Å². The lowest BCUT2D eigenvalue weighted by Crippen LogP contribution is -2.50. The van der Waals surface area contributed by atoms with Crippen LogP contribution in [0.1, 0.15) is 0 Å². The monoisotopic (exact) mass is 635 g/mol. The Labute approximate surface area is 277 Å². The normalized spacial score (nSPS) is 13.5. The SMILES string of the molecule is C[Si]1(C)c2ccccc2-c2nc(-c3ccccc3)nc(-c3ccccc3-n3c4ccccc4c4cc5sc6ccccc6c5cc43)c21. The molecule has 0 aliphatic carbocycles.